The third-order valence-electron chi connectivity index (χ3n) is 5.96. The van der Waals surface area contributed by atoms with E-state index in [9.17, 15) is 9.59 Å². The van der Waals surface area contributed by atoms with Crippen LogP contribution >= 0.6 is 0 Å². The van der Waals surface area contributed by atoms with Crippen LogP contribution in [0, 0.1) is 0 Å². The number of unbranched alkanes of at least 4 members (excludes halogenated alkanes) is 11. The van der Waals surface area contributed by atoms with Gasteiger partial charge in [-0.15, -0.1) is 0 Å². The van der Waals surface area contributed by atoms with Crippen molar-refractivity contribution in [2.75, 3.05) is 52.7 Å². The van der Waals surface area contributed by atoms with E-state index in [1.54, 1.807) is 4.90 Å². The van der Waals surface area contributed by atoms with Gasteiger partial charge in [0, 0.05) is 26.1 Å². The molecule has 0 radical (unpaired) electrons. The molecule has 0 spiro atoms. The highest BCUT2D eigenvalue weighted by molar-refractivity contribution is 5.77. The standard InChI is InChI=1S/C22H43NO4.C6H15NO3/c1-3-5-7-8-9-10-11-12-13-15-19-27-22(25)20(23)16-17-21(24)26-18-14-6-4-2;8-4-1-7(2-5-9)3-6-10/h20H,3-19,23H2,1-2H3;8-10H,1-6H2. The van der Waals surface area contributed by atoms with Gasteiger partial charge in [-0.25, -0.2) is 0 Å². The van der Waals surface area contributed by atoms with E-state index in [1.165, 1.54) is 51.4 Å². The van der Waals surface area contributed by atoms with E-state index in [1.807, 2.05) is 0 Å². The van der Waals surface area contributed by atoms with E-state index >= 15 is 0 Å². The second-order valence-corrected chi connectivity index (χ2v) is 9.43. The monoisotopic (exact) mass is 534 g/mol. The van der Waals surface area contributed by atoms with Crippen molar-refractivity contribution in [2.45, 2.75) is 116 Å². The fraction of sp³-hybridized carbons (Fsp3) is 0.929. The summed E-state index contributed by atoms with van der Waals surface area (Å²) in [5.41, 5.74) is 5.79. The van der Waals surface area contributed by atoms with Gasteiger partial charge in [0.2, 0.25) is 0 Å². The van der Waals surface area contributed by atoms with Crippen LogP contribution in [0.2, 0.25) is 0 Å². The first-order valence-corrected chi connectivity index (χ1v) is 14.6. The molecule has 0 bridgehead atoms. The highest BCUT2D eigenvalue weighted by atomic mass is 16.5. The minimum Gasteiger partial charge on any atom is -0.466 e. The highest BCUT2D eigenvalue weighted by Gasteiger charge is 2.17. The van der Waals surface area contributed by atoms with Crippen molar-refractivity contribution in [3.05, 3.63) is 0 Å². The molecule has 0 amide bonds. The van der Waals surface area contributed by atoms with E-state index < -0.39 is 12.0 Å². The molecule has 37 heavy (non-hydrogen) atoms. The Bertz CT molecular complexity index is 481. The van der Waals surface area contributed by atoms with Crippen molar-refractivity contribution >= 4 is 11.9 Å². The predicted molar refractivity (Wildman–Crippen MR) is 148 cm³/mol. The summed E-state index contributed by atoms with van der Waals surface area (Å²) in [6.45, 7) is 6.96. The summed E-state index contributed by atoms with van der Waals surface area (Å²) < 4.78 is 10.3. The lowest BCUT2D eigenvalue weighted by Crippen LogP contribution is -2.33. The molecular formula is C28H58N2O7. The van der Waals surface area contributed by atoms with Gasteiger partial charge in [-0.3, -0.25) is 14.5 Å². The van der Waals surface area contributed by atoms with E-state index in [-0.39, 0.29) is 38.6 Å². The molecule has 9 heteroatoms. The molecule has 0 aliphatic carbocycles. The minimum absolute atomic E-state index is 0.0694. The van der Waals surface area contributed by atoms with Gasteiger partial charge in [-0.1, -0.05) is 84.5 Å². The number of aliphatic hydroxyl groups excluding tert-OH is 3. The zero-order chi connectivity index (χ0) is 28.0. The Balaban J connectivity index is 0. The van der Waals surface area contributed by atoms with Gasteiger partial charge >= 0.3 is 11.9 Å². The highest BCUT2D eigenvalue weighted by Crippen LogP contribution is 2.10. The quantitative estimate of drug-likeness (QED) is 0.102. The summed E-state index contributed by atoms with van der Waals surface area (Å²) in [7, 11) is 0. The molecule has 0 heterocycles. The van der Waals surface area contributed by atoms with Crippen molar-refractivity contribution in [3.8, 4) is 0 Å². The van der Waals surface area contributed by atoms with Crippen LogP contribution in [0.1, 0.15) is 110 Å². The molecule has 0 aliphatic rings. The number of carbonyl (C=O) groups excluding carboxylic acids is 2. The molecule has 5 N–H and O–H groups in total. The maximum absolute atomic E-state index is 11.8. The van der Waals surface area contributed by atoms with E-state index in [2.05, 4.69) is 13.8 Å². The number of nitrogens with two attached hydrogens (primary N) is 1. The summed E-state index contributed by atoms with van der Waals surface area (Å²) in [5.74, 6) is -0.700. The fourth-order valence-electron chi connectivity index (χ4n) is 3.63. The lowest BCUT2D eigenvalue weighted by atomic mass is 10.1. The Morgan fingerprint density at radius 3 is 1.57 bits per heavy atom. The Hall–Kier alpha value is -1.26. The van der Waals surface area contributed by atoms with Crippen LogP contribution in [-0.2, 0) is 19.1 Å². The molecule has 0 fully saturated rings. The fourth-order valence-corrected chi connectivity index (χ4v) is 3.63. The van der Waals surface area contributed by atoms with Crippen LogP contribution < -0.4 is 5.73 Å². The second kappa shape index (κ2) is 31.0. The number of hydrogen-bond donors (Lipinski definition) is 4. The van der Waals surface area contributed by atoms with Crippen LogP contribution in [0.4, 0.5) is 0 Å². The van der Waals surface area contributed by atoms with Gasteiger partial charge in [0.1, 0.15) is 6.04 Å². The molecule has 222 valence electrons. The van der Waals surface area contributed by atoms with E-state index in [0.717, 1.165) is 32.1 Å². The van der Waals surface area contributed by atoms with Crippen molar-refractivity contribution in [1.82, 2.24) is 4.90 Å². The molecule has 0 saturated carbocycles. The molecule has 1 atom stereocenters. The number of aliphatic hydroxyl groups is 3. The van der Waals surface area contributed by atoms with Gasteiger partial charge in [0.25, 0.3) is 0 Å². The average molecular weight is 535 g/mol. The third kappa shape index (κ3) is 29.2. The Labute approximate surface area is 226 Å². The first kappa shape index (κ1) is 37.9. The number of hydrogen-bond acceptors (Lipinski definition) is 9. The molecular weight excluding hydrogens is 476 g/mol. The number of esters is 2. The molecule has 0 aliphatic heterocycles. The molecule has 0 aromatic heterocycles. The summed E-state index contributed by atoms with van der Waals surface area (Å²) in [6.07, 6.45) is 15.9. The third-order valence-corrected chi connectivity index (χ3v) is 5.96. The van der Waals surface area contributed by atoms with Gasteiger partial charge in [-0.2, -0.15) is 0 Å². The number of ether oxygens (including phenoxy) is 2. The minimum atomic E-state index is -0.740. The van der Waals surface area contributed by atoms with Crippen LogP contribution in [0.3, 0.4) is 0 Å². The van der Waals surface area contributed by atoms with Gasteiger partial charge < -0.3 is 30.5 Å². The first-order valence-electron chi connectivity index (χ1n) is 14.6. The van der Waals surface area contributed by atoms with E-state index in [4.69, 9.17) is 30.5 Å². The normalized spacial score (nSPS) is 11.6. The van der Waals surface area contributed by atoms with Gasteiger partial charge in [-0.05, 0) is 19.3 Å². The number of carbonyl (C=O) groups is 2. The molecule has 0 aromatic carbocycles. The number of nitrogens with zero attached hydrogens (tertiary/aromatic N) is 1. The Morgan fingerprint density at radius 2 is 1.08 bits per heavy atom. The molecule has 0 saturated heterocycles. The van der Waals surface area contributed by atoms with Crippen molar-refractivity contribution in [3.63, 3.8) is 0 Å². The van der Waals surface area contributed by atoms with E-state index in [0.29, 0.717) is 32.8 Å². The zero-order valence-corrected chi connectivity index (χ0v) is 23.8. The predicted octanol–water partition coefficient (Wildman–Crippen LogP) is 3.56. The SMILES string of the molecule is CCCCCCCCCCCCOC(=O)C(N)CCC(=O)OCCCCC.OCCN(CCO)CCO. The van der Waals surface area contributed by atoms with Crippen LogP contribution in [0.15, 0.2) is 0 Å². The van der Waals surface area contributed by atoms with Gasteiger partial charge in [0.15, 0.2) is 0 Å². The van der Waals surface area contributed by atoms with Crippen LogP contribution in [0.25, 0.3) is 0 Å². The van der Waals surface area contributed by atoms with Gasteiger partial charge in [0.05, 0.1) is 33.0 Å². The van der Waals surface area contributed by atoms with Crippen molar-refractivity contribution in [1.29, 1.82) is 0 Å². The summed E-state index contributed by atoms with van der Waals surface area (Å²) >= 11 is 0. The smallest absolute Gasteiger partial charge is 0.322 e. The molecule has 0 rings (SSSR count). The number of rotatable bonds is 25. The zero-order valence-electron chi connectivity index (χ0n) is 23.8. The summed E-state index contributed by atoms with van der Waals surface area (Å²) in [5, 5.41) is 25.5. The topological polar surface area (TPSA) is 143 Å². The maximum Gasteiger partial charge on any atom is 0.322 e. The lowest BCUT2D eigenvalue weighted by molar-refractivity contribution is -0.146. The molecule has 9 nitrogen and oxygen atoms in total. The Morgan fingerprint density at radius 1 is 0.676 bits per heavy atom. The molecule has 1 unspecified atom stereocenters. The van der Waals surface area contributed by atoms with Crippen molar-refractivity contribution in [2.24, 2.45) is 5.73 Å². The lowest BCUT2D eigenvalue weighted by Gasteiger charge is -2.17. The Kier molecular flexibility index (Phi) is 31.7. The van der Waals surface area contributed by atoms with Crippen LogP contribution in [-0.4, -0.2) is 90.9 Å². The summed E-state index contributed by atoms with van der Waals surface area (Å²) in [4.78, 5) is 25.2. The summed E-state index contributed by atoms with van der Waals surface area (Å²) in [6, 6.07) is -0.740. The first-order chi connectivity index (χ1) is 18.0. The molecule has 0 aromatic rings. The second-order valence-electron chi connectivity index (χ2n) is 9.43. The average Bonchev–Trinajstić information content (AvgIpc) is 2.89. The maximum atomic E-state index is 11.8. The van der Waals surface area contributed by atoms with Crippen molar-refractivity contribution < 1.29 is 34.4 Å². The van der Waals surface area contributed by atoms with Crippen LogP contribution in [0.5, 0.6) is 0 Å². The largest absolute Gasteiger partial charge is 0.466 e.